The Hall–Kier alpha value is -1.42. The van der Waals surface area contributed by atoms with Gasteiger partial charge >= 0.3 is 0 Å². The number of halogens is 1. The SMILES string of the molecule is CC(C)C[C@@H](NC(=O)c1ccc(F)cc1)C1CCNCC1. The second-order valence-electron chi connectivity index (χ2n) is 6.30. The monoisotopic (exact) mass is 292 g/mol. The lowest BCUT2D eigenvalue weighted by atomic mass is 9.85. The molecule has 1 aliphatic heterocycles. The zero-order valence-corrected chi connectivity index (χ0v) is 12.9. The fraction of sp³-hybridized carbons (Fsp3) is 0.588. The largest absolute Gasteiger partial charge is 0.349 e. The molecule has 21 heavy (non-hydrogen) atoms. The van der Waals surface area contributed by atoms with Crippen LogP contribution in [-0.4, -0.2) is 25.0 Å². The minimum atomic E-state index is -0.316. The zero-order valence-electron chi connectivity index (χ0n) is 12.9. The Morgan fingerprint density at radius 3 is 2.48 bits per heavy atom. The molecule has 2 N–H and O–H groups in total. The molecule has 1 aliphatic rings. The van der Waals surface area contributed by atoms with Gasteiger partial charge in [0, 0.05) is 11.6 Å². The lowest BCUT2D eigenvalue weighted by molar-refractivity contribution is 0.0906. The molecule has 2 rings (SSSR count). The molecule has 1 heterocycles. The maximum absolute atomic E-state index is 12.9. The lowest BCUT2D eigenvalue weighted by Gasteiger charge is -2.32. The second-order valence-corrected chi connectivity index (χ2v) is 6.30. The number of piperidine rings is 1. The Morgan fingerprint density at radius 2 is 1.90 bits per heavy atom. The quantitative estimate of drug-likeness (QED) is 0.876. The van der Waals surface area contributed by atoms with E-state index in [-0.39, 0.29) is 17.8 Å². The topological polar surface area (TPSA) is 41.1 Å². The second kappa shape index (κ2) is 7.55. The van der Waals surface area contributed by atoms with Crippen LogP contribution in [0.25, 0.3) is 0 Å². The highest BCUT2D eigenvalue weighted by Gasteiger charge is 2.26. The average Bonchev–Trinajstić information content (AvgIpc) is 2.47. The minimum absolute atomic E-state index is 0.0980. The summed E-state index contributed by atoms with van der Waals surface area (Å²) in [6, 6.07) is 5.94. The van der Waals surface area contributed by atoms with Crippen LogP contribution in [0.4, 0.5) is 4.39 Å². The van der Waals surface area contributed by atoms with Crippen LogP contribution in [-0.2, 0) is 0 Å². The van der Waals surface area contributed by atoms with E-state index in [1.54, 1.807) is 12.1 Å². The van der Waals surface area contributed by atoms with E-state index >= 15 is 0 Å². The van der Waals surface area contributed by atoms with Gasteiger partial charge in [-0.1, -0.05) is 13.8 Å². The van der Waals surface area contributed by atoms with Gasteiger partial charge in [-0.3, -0.25) is 4.79 Å². The van der Waals surface area contributed by atoms with Crippen LogP contribution < -0.4 is 10.6 Å². The molecule has 1 aromatic carbocycles. The molecule has 0 unspecified atom stereocenters. The third-order valence-electron chi connectivity index (χ3n) is 4.10. The molecule has 0 spiro atoms. The Labute approximate surface area is 126 Å². The van der Waals surface area contributed by atoms with E-state index in [0.29, 0.717) is 17.4 Å². The number of benzene rings is 1. The molecule has 0 bridgehead atoms. The fourth-order valence-corrected chi connectivity index (χ4v) is 2.98. The summed E-state index contributed by atoms with van der Waals surface area (Å²) in [5.74, 6) is 0.652. The summed E-state index contributed by atoms with van der Waals surface area (Å²) < 4.78 is 12.9. The summed E-state index contributed by atoms with van der Waals surface area (Å²) in [4.78, 5) is 12.3. The van der Waals surface area contributed by atoms with Crippen molar-refractivity contribution in [2.75, 3.05) is 13.1 Å². The molecule has 0 aromatic heterocycles. The predicted octanol–water partition coefficient (Wildman–Crippen LogP) is 2.97. The number of rotatable bonds is 5. The molecule has 3 nitrogen and oxygen atoms in total. The van der Waals surface area contributed by atoms with Crippen LogP contribution in [0.5, 0.6) is 0 Å². The lowest BCUT2D eigenvalue weighted by Crippen LogP contribution is -2.45. The Balaban J connectivity index is 2.02. The van der Waals surface area contributed by atoms with E-state index in [2.05, 4.69) is 24.5 Å². The first-order valence-corrected chi connectivity index (χ1v) is 7.83. The van der Waals surface area contributed by atoms with Crippen molar-refractivity contribution < 1.29 is 9.18 Å². The Bertz CT molecular complexity index is 452. The van der Waals surface area contributed by atoms with Gasteiger partial charge in [0.15, 0.2) is 0 Å². The number of amides is 1. The van der Waals surface area contributed by atoms with E-state index < -0.39 is 0 Å². The third kappa shape index (κ3) is 4.81. The van der Waals surface area contributed by atoms with Gasteiger partial charge in [0.2, 0.25) is 0 Å². The van der Waals surface area contributed by atoms with Crippen molar-refractivity contribution in [2.24, 2.45) is 11.8 Å². The number of hydrogen-bond acceptors (Lipinski definition) is 2. The van der Waals surface area contributed by atoms with Gasteiger partial charge in [0.05, 0.1) is 0 Å². The normalized spacial score (nSPS) is 17.7. The summed E-state index contributed by atoms with van der Waals surface area (Å²) in [7, 11) is 0. The molecule has 1 saturated heterocycles. The number of hydrogen-bond donors (Lipinski definition) is 2. The highest BCUT2D eigenvalue weighted by molar-refractivity contribution is 5.94. The zero-order chi connectivity index (χ0) is 15.2. The minimum Gasteiger partial charge on any atom is -0.349 e. The number of carbonyl (C=O) groups is 1. The molecule has 1 aromatic rings. The van der Waals surface area contributed by atoms with Crippen LogP contribution in [0.15, 0.2) is 24.3 Å². The molecule has 0 saturated carbocycles. The van der Waals surface area contributed by atoms with E-state index in [1.807, 2.05) is 0 Å². The predicted molar refractivity (Wildman–Crippen MR) is 82.7 cm³/mol. The van der Waals surface area contributed by atoms with Gasteiger partial charge in [0.25, 0.3) is 5.91 Å². The highest BCUT2D eigenvalue weighted by Crippen LogP contribution is 2.22. The molecular weight excluding hydrogens is 267 g/mol. The third-order valence-corrected chi connectivity index (χ3v) is 4.10. The van der Waals surface area contributed by atoms with Crippen LogP contribution in [0.3, 0.4) is 0 Å². The summed E-state index contributed by atoms with van der Waals surface area (Å²) in [5, 5.41) is 6.52. The number of nitrogens with one attached hydrogen (secondary N) is 2. The van der Waals surface area contributed by atoms with E-state index in [0.717, 1.165) is 32.4 Å². The van der Waals surface area contributed by atoms with E-state index in [1.165, 1.54) is 12.1 Å². The molecular formula is C17H25FN2O. The van der Waals surface area contributed by atoms with Crippen molar-refractivity contribution in [3.8, 4) is 0 Å². The van der Waals surface area contributed by atoms with Crippen molar-refractivity contribution in [2.45, 2.75) is 39.2 Å². The standard InChI is InChI=1S/C17H25FN2O/c1-12(2)11-16(13-7-9-19-10-8-13)20-17(21)14-3-5-15(18)6-4-14/h3-6,12-13,16,19H,7-11H2,1-2H3,(H,20,21)/t16-/m1/s1. The van der Waals surface area contributed by atoms with E-state index in [9.17, 15) is 9.18 Å². The summed E-state index contributed by atoms with van der Waals surface area (Å²) in [6.45, 7) is 6.40. The molecule has 1 atom stereocenters. The van der Waals surface area contributed by atoms with Gasteiger partial charge in [0.1, 0.15) is 5.82 Å². The van der Waals surface area contributed by atoms with Gasteiger partial charge < -0.3 is 10.6 Å². The van der Waals surface area contributed by atoms with Crippen LogP contribution in [0, 0.1) is 17.7 Å². The summed E-state index contributed by atoms with van der Waals surface area (Å²) in [5.41, 5.74) is 0.527. The highest BCUT2D eigenvalue weighted by atomic mass is 19.1. The number of carbonyl (C=O) groups excluding carboxylic acids is 1. The molecule has 1 fully saturated rings. The summed E-state index contributed by atoms with van der Waals surface area (Å²) >= 11 is 0. The molecule has 0 aliphatic carbocycles. The molecule has 1 amide bonds. The van der Waals surface area contributed by atoms with Gasteiger partial charge in [-0.25, -0.2) is 4.39 Å². The van der Waals surface area contributed by atoms with Crippen LogP contribution in [0.2, 0.25) is 0 Å². The fourth-order valence-electron chi connectivity index (χ4n) is 2.98. The van der Waals surface area contributed by atoms with E-state index in [4.69, 9.17) is 0 Å². The first-order chi connectivity index (χ1) is 10.1. The van der Waals surface area contributed by atoms with Gasteiger partial charge in [-0.05, 0) is 68.5 Å². The maximum Gasteiger partial charge on any atom is 0.251 e. The van der Waals surface area contributed by atoms with Crippen molar-refractivity contribution in [3.05, 3.63) is 35.6 Å². The van der Waals surface area contributed by atoms with Crippen LogP contribution in [0.1, 0.15) is 43.5 Å². The van der Waals surface area contributed by atoms with Crippen molar-refractivity contribution in [1.29, 1.82) is 0 Å². The molecule has 4 heteroatoms. The molecule has 0 radical (unpaired) electrons. The summed E-state index contributed by atoms with van der Waals surface area (Å²) in [6.07, 6.45) is 3.18. The average molecular weight is 292 g/mol. The first kappa shape index (κ1) is 16.0. The van der Waals surface area contributed by atoms with Gasteiger partial charge in [-0.15, -0.1) is 0 Å². The molecule has 116 valence electrons. The Kier molecular flexibility index (Phi) is 5.74. The smallest absolute Gasteiger partial charge is 0.251 e. The van der Waals surface area contributed by atoms with Crippen molar-refractivity contribution in [1.82, 2.24) is 10.6 Å². The van der Waals surface area contributed by atoms with Crippen molar-refractivity contribution >= 4 is 5.91 Å². The Morgan fingerprint density at radius 1 is 1.29 bits per heavy atom. The van der Waals surface area contributed by atoms with Crippen LogP contribution >= 0.6 is 0 Å². The van der Waals surface area contributed by atoms with Crippen molar-refractivity contribution in [3.63, 3.8) is 0 Å². The first-order valence-electron chi connectivity index (χ1n) is 7.83. The maximum atomic E-state index is 12.9. The van der Waals surface area contributed by atoms with Gasteiger partial charge in [-0.2, -0.15) is 0 Å².